The Morgan fingerprint density at radius 3 is 2.47 bits per heavy atom. The van der Waals surface area contributed by atoms with Crippen LogP contribution in [0, 0.1) is 0 Å². The van der Waals surface area contributed by atoms with Crippen LogP contribution in [0.1, 0.15) is 39.0 Å². The van der Waals surface area contributed by atoms with Crippen LogP contribution in [0.15, 0.2) is 12.2 Å². The van der Waals surface area contributed by atoms with Gasteiger partial charge in [0.2, 0.25) is 0 Å². The van der Waals surface area contributed by atoms with E-state index in [0.29, 0.717) is 13.2 Å². The molecule has 0 aliphatic heterocycles. The predicted octanol–water partition coefficient (Wildman–Crippen LogP) is 2.96. The van der Waals surface area contributed by atoms with E-state index in [1.54, 1.807) is 11.8 Å². The first kappa shape index (κ1) is 18.0. The molecule has 0 atom stereocenters. The molecule has 5 heteroatoms. The maximum absolute atomic E-state index is 11.4. The predicted molar refractivity (Wildman–Crippen MR) is 78.2 cm³/mol. The number of carbonyl (C=O) groups excluding carboxylic acids is 2. The molecule has 0 heterocycles. The molecule has 0 amide bonds. The van der Waals surface area contributed by atoms with Gasteiger partial charge in [0.05, 0.1) is 13.0 Å². The molecule has 0 bridgehead atoms. The van der Waals surface area contributed by atoms with E-state index in [2.05, 4.69) is 13.5 Å². The average Bonchev–Trinajstić information content (AvgIpc) is 2.38. The molecule has 0 aromatic carbocycles. The largest absolute Gasteiger partial charge is 0.465 e. The number of hydrogen-bond acceptors (Lipinski definition) is 5. The molecule has 0 rings (SSSR count). The summed E-state index contributed by atoms with van der Waals surface area (Å²) in [5.74, 6) is -0.193. The van der Waals surface area contributed by atoms with Gasteiger partial charge in [0.25, 0.3) is 0 Å². The molecule has 4 nitrogen and oxygen atoms in total. The first-order valence-electron chi connectivity index (χ1n) is 6.61. The van der Waals surface area contributed by atoms with E-state index in [9.17, 15) is 9.59 Å². The minimum absolute atomic E-state index is 0.0914. The van der Waals surface area contributed by atoms with Crippen LogP contribution in [0.25, 0.3) is 0 Å². The normalized spacial score (nSPS) is 10.0. The van der Waals surface area contributed by atoms with E-state index in [0.717, 1.165) is 31.4 Å². The van der Waals surface area contributed by atoms with Gasteiger partial charge in [-0.15, -0.1) is 0 Å². The third-order valence-corrected chi connectivity index (χ3v) is 3.00. The minimum atomic E-state index is -0.517. The van der Waals surface area contributed by atoms with Crippen LogP contribution in [-0.4, -0.2) is 37.2 Å². The number of unbranched alkanes of at least 4 members (excludes halogenated alkanes) is 3. The molecule has 0 saturated heterocycles. The third kappa shape index (κ3) is 10.6. The third-order valence-electron chi connectivity index (χ3n) is 2.43. The van der Waals surface area contributed by atoms with Crippen LogP contribution >= 0.6 is 11.8 Å². The van der Waals surface area contributed by atoms with Crippen LogP contribution in [0.3, 0.4) is 0 Å². The standard InChI is InChI=1S/C14H24O4S/c1-4-5-6-7-8-17-13(15)11-12(2)14(16)18-9-10-19-3/h2,4-11H2,1,3H3. The Balaban J connectivity index is 3.67. The summed E-state index contributed by atoms with van der Waals surface area (Å²) < 4.78 is 9.96. The van der Waals surface area contributed by atoms with E-state index in [1.165, 1.54) is 0 Å². The highest BCUT2D eigenvalue weighted by Crippen LogP contribution is 2.05. The van der Waals surface area contributed by atoms with Gasteiger partial charge in [0.15, 0.2) is 0 Å². The van der Waals surface area contributed by atoms with Crippen molar-refractivity contribution in [1.82, 2.24) is 0 Å². The van der Waals surface area contributed by atoms with E-state index >= 15 is 0 Å². The first-order chi connectivity index (χ1) is 9.11. The van der Waals surface area contributed by atoms with Crippen molar-refractivity contribution < 1.29 is 19.1 Å². The lowest BCUT2D eigenvalue weighted by Gasteiger charge is -2.07. The van der Waals surface area contributed by atoms with Gasteiger partial charge in [0, 0.05) is 11.3 Å². The summed E-state index contributed by atoms with van der Waals surface area (Å²) in [6, 6.07) is 0. The molecule has 0 spiro atoms. The number of carbonyl (C=O) groups is 2. The van der Waals surface area contributed by atoms with Crippen LogP contribution in [0.2, 0.25) is 0 Å². The van der Waals surface area contributed by atoms with Crippen LogP contribution < -0.4 is 0 Å². The molecule has 0 saturated carbocycles. The Morgan fingerprint density at radius 1 is 1.11 bits per heavy atom. The molecule has 0 aromatic rings. The molecular formula is C14H24O4S. The van der Waals surface area contributed by atoms with Crippen molar-refractivity contribution in [2.24, 2.45) is 0 Å². The molecule has 0 aliphatic rings. The second-order valence-corrected chi connectivity index (χ2v) is 5.18. The topological polar surface area (TPSA) is 52.6 Å². The van der Waals surface area contributed by atoms with Gasteiger partial charge in [-0.1, -0.05) is 32.8 Å². The Kier molecular flexibility index (Phi) is 11.5. The molecule has 0 radical (unpaired) electrons. The van der Waals surface area contributed by atoms with Gasteiger partial charge in [-0.3, -0.25) is 4.79 Å². The molecule has 0 N–H and O–H groups in total. The summed E-state index contributed by atoms with van der Waals surface area (Å²) in [6.07, 6.45) is 6.05. The van der Waals surface area contributed by atoms with Crippen molar-refractivity contribution in [2.45, 2.75) is 39.0 Å². The van der Waals surface area contributed by atoms with E-state index in [-0.39, 0.29) is 12.0 Å². The van der Waals surface area contributed by atoms with E-state index in [1.807, 2.05) is 6.26 Å². The fourth-order valence-electron chi connectivity index (χ4n) is 1.33. The second-order valence-electron chi connectivity index (χ2n) is 4.19. The van der Waals surface area contributed by atoms with Crippen molar-refractivity contribution in [3.05, 3.63) is 12.2 Å². The lowest BCUT2D eigenvalue weighted by Crippen LogP contribution is -2.14. The summed E-state index contributed by atoms with van der Waals surface area (Å²) >= 11 is 1.59. The van der Waals surface area contributed by atoms with Gasteiger partial charge in [0.1, 0.15) is 6.61 Å². The molecule has 0 aliphatic carbocycles. The van der Waals surface area contributed by atoms with E-state index < -0.39 is 11.9 Å². The Labute approximate surface area is 119 Å². The van der Waals surface area contributed by atoms with Crippen molar-refractivity contribution in [3.63, 3.8) is 0 Å². The summed E-state index contributed by atoms with van der Waals surface area (Å²) in [5.41, 5.74) is 0.152. The zero-order valence-electron chi connectivity index (χ0n) is 11.9. The van der Waals surface area contributed by atoms with Gasteiger partial charge in [-0.25, -0.2) is 4.79 Å². The SMILES string of the molecule is C=C(CC(=O)OCCCCCC)C(=O)OCCSC. The minimum Gasteiger partial charge on any atom is -0.465 e. The van der Waals surface area contributed by atoms with Crippen molar-refractivity contribution in [1.29, 1.82) is 0 Å². The van der Waals surface area contributed by atoms with Crippen LogP contribution in [0.4, 0.5) is 0 Å². The quantitative estimate of drug-likeness (QED) is 0.332. The molecular weight excluding hydrogens is 264 g/mol. The number of rotatable bonds is 11. The maximum atomic E-state index is 11.4. The summed E-state index contributed by atoms with van der Waals surface area (Å²) in [4.78, 5) is 22.9. The fraction of sp³-hybridized carbons (Fsp3) is 0.714. The number of hydrogen-bond donors (Lipinski definition) is 0. The zero-order chi connectivity index (χ0) is 14.5. The van der Waals surface area contributed by atoms with Crippen molar-refractivity contribution in [3.8, 4) is 0 Å². The zero-order valence-corrected chi connectivity index (χ0v) is 12.7. The maximum Gasteiger partial charge on any atom is 0.334 e. The molecule has 0 unspecified atom stereocenters. The average molecular weight is 288 g/mol. The molecule has 19 heavy (non-hydrogen) atoms. The molecule has 0 fully saturated rings. The lowest BCUT2D eigenvalue weighted by atomic mass is 10.2. The van der Waals surface area contributed by atoms with Crippen molar-refractivity contribution in [2.75, 3.05) is 25.2 Å². The van der Waals surface area contributed by atoms with Crippen LogP contribution in [-0.2, 0) is 19.1 Å². The second kappa shape index (κ2) is 12.1. The van der Waals surface area contributed by atoms with Gasteiger partial charge in [-0.2, -0.15) is 11.8 Å². The van der Waals surface area contributed by atoms with Gasteiger partial charge >= 0.3 is 11.9 Å². The van der Waals surface area contributed by atoms with Gasteiger partial charge < -0.3 is 9.47 Å². The Hall–Kier alpha value is -0.970. The highest BCUT2D eigenvalue weighted by molar-refractivity contribution is 7.98. The summed E-state index contributed by atoms with van der Waals surface area (Å²) in [6.45, 7) is 6.42. The van der Waals surface area contributed by atoms with Crippen molar-refractivity contribution >= 4 is 23.7 Å². The summed E-state index contributed by atoms with van der Waals surface area (Å²) in [5, 5.41) is 0. The highest BCUT2D eigenvalue weighted by Gasteiger charge is 2.13. The van der Waals surface area contributed by atoms with E-state index in [4.69, 9.17) is 9.47 Å². The van der Waals surface area contributed by atoms with Gasteiger partial charge in [-0.05, 0) is 12.7 Å². The molecule has 0 aromatic heterocycles. The smallest absolute Gasteiger partial charge is 0.334 e. The Bertz CT molecular complexity index is 289. The monoisotopic (exact) mass is 288 g/mol. The lowest BCUT2D eigenvalue weighted by molar-refractivity contribution is -0.146. The number of ether oxygens (including phenoxy) is 2. The number of esters is 2. The Morgan fingerprint density at radius 2 is 1.84 bits per heavy atom. The molecule has 110 valence electrons. The highest BCUT2D eigenvalue weighted by atomic mass is 32.2. The van der Waals surface area contributed by atoms with Crippen LogP contribution in [0.5, 0.6) is 0 Å². The fourth-order valence-corrected chi connectivity index (χ4v) is 1.58. The summed E-state index contributed by atoms with van der Waals surface area (Å²) in [7, 11) is 0. The first-order valence-corrected chi connectivity index (χ1v) is 8.00. The number of thioether (sulfide) groups is 1.